The summed E-state index contributed by atoms with van der Waals surface area (Å²) < 4.78 is 6.43. The molecule has 5 fully saturated rings. The van der Waals surface area contributed by atoms with Crippen LogP contribution in [0.4, 0.5) is 0 Å². The molecule has 0 aliphatic heterocycles. The van der Waals surface area contributed by atoms with Gasteiger partial charge in [0.05, 0.1) is 0 Å². The Hall–Kier alpha value is -0.570. The van der Waals surface area contributed by atoms with E-state index in [4.69, 9.17) is 4.74 Å². The van der Waals surface area contributed by atoms with Crippen LogP contribution in [0.1, 0.15) is 90.9 Å². The van der Waals surface area contributed by atoms with Crippen molar-refractivity contribution < 1.29 is 9.53 Å². The molecule has 5 rings (SSSR count). The molecular weight excluding hydrogens is 310 g/mol. The van der Waals surface area contributed by atoms with E-state index in [0.717, 1.165) is 44.1 Å². The van der Waals surface area contributed by atoms with Crippen LogP contribution in [-0.4, -0.2) is 23.7 Å². The molecule has 5 aliphatic rings. The number of esters is 1. The fourth-order valence-electron chi connectivity index (χ4n) is 6.80. The van der Waals surface area contributed by atoms with Gasteiger partial charge in [-0.15, -0.1) is 0 Å². The van der Waals surface area contributed by atoms with E-state index in [0.29, 0.717) is 11.8 Å². The summed E-state index contributed by atoms with van der Waals surface area (Å²) in [5.74, 6) is 3.12. The van der Waals surface area contributed by atoms with Crippen LogP contribution in [0.5, 0.6) is 0 Å². The minimum absolute atomic E-state index is 0.0824. The van der Waals surface area contributed by atoms with Gasteiger partial charge < -0.3 is 10.1 Å². The third-order valence-electron chi connectivity index (χ3n) is 8.20. The summed E-state index contributed by atoms with van der Waals surface area (Å²) in [7, 11) is 0. The second kappa shape index (κ2) is 6.87. The van der Waals surface area contributed by atoms with Gasteiger partial charge in [-0.1, -0.05) is 39.0 Å². The van der Waals surface area contributed by atoms with Gasteiger partial charge >= 0.3 is 5.97 Å². The number of carbonyl (C=O) groups is 1. The second-order valence-electron chi connectivity index (χ2n) is 9.72. The molecule has 5 atom stereocenters. The quantitative estimate of drug-likeness (QED) is 0.504. The van der Waals surface area contributed by atoms with Gasteiger partial charge in [0.1, 0.15) is 11.1 Å². The Balaban J connectivity index is 1.39. The molecule has 3 nitrogen and oxygen atoms in total. The lowest BCUT2D eigenvalue weighted by Crippen LogP contribution is -2.55. The topological polar surface area (TPSA) is 38.3 Å². The number of nitrogens with one attached hydrogen (secondary N) is 1. The molecule has 0 radical (unpaired) electrons. The maximum atomic E-state index is 13.3. The van der Waals surface area contributed by atoms with Crippen molar-refractivity contribution in [2.45, 2.75) is 102 Å². The van der Waals surface area contributed by atoms with Gasteiger partial charge in [0, 0.05) is 5.92 Å². The summed E-state index contributed by atoms with van der Waals surface area (Å²) in [5.41, 5.74) is -0.552. The maximum absolute atomic E-state index is 13.3. The summed E-state index contributed by atoms with van der Waals surface area (Å²) in [6.07, 6.45) is 14.6. The van der Waals surface area contributed by atoms with E-state index in [1.54, 1.807) is 0 Å². The van der Waals surface area contributed by atoms with Gasteiger partial charge in [-0.2, -0.15) is 0 Å². The van der Waals surface area contributed by atoms with Crippen LogP contribution in [0.3, 0.4) is 0 Å². The number of rotatable bonds is 8. The standard InChI is InChI=1S/C22H37NO2/c1-3-4-5-8-11-23-22(9-6-7-10-22)20(24)25-21(2)18-13-16-12-17(15-18)19(21)14-16/h16-19,23H,3-15H2,1-2H3/t16?,17-,18?,19?,21?/m0/s1. The molecular formula is C22H37NO2. The van der Waals surface area contributed by atoms with Crippen molar-refractivity contribution >= 4 is 5.97 Å². The fraction of sp³-hybridized carbons (Fsp3) is 0.955. The molecule has 25 heavy (non-hydrogen) atoms. The summed E-state index contributed by atoms with van der Waals surface area (Å²) in [5, 5.41) is 3.66. The van der Waals surface area contributed by atoms with Gasteiger partial charge in [-0.3, -0.25) is 4.79 Å². The highest BCUT2D eigenvalue weighted by Crippen LogP contribution is 2.64. The highest BCUT2D eigenvalue weighted by atomic mass is 16.6. The Bertz CT molecular complexity index is 494. The largest absolute Gasteiger partial charge is 0.457 e. The van der Waals surface area contributed by atoms with Crippen LogP contribution in [0.25, 0.3) is 0 Å². The number of unbranched alkanes of at least 4 members (excludes halogenated alkanes) is 3. The third kappa shape index (κ3) is 3.05. The summed E-state index contributed by atoms with van der Waals surface area (Å²) in [4.78, 5) is 13.3. The van der Waals surface area contributed by atoms with Crippen molar-refractivity contribution in [2.24, 2.45) is 23.7 Å². The van der Waals surface area contributed by atoms with Gasteiger partial charge in [-0.25, -0.2) is 0 Å². The van der Waals surface area contributed by atoms with Gasteiger partial charge in [0.2, 0.25) is 0 Å². The lowest BCUT2D eigenvalue weighted by atomic mass is 9.73. The summed E-state index contributed by atoms with van der Waals surface area (Å²) >= 11 is 0. The zero-order chi connectivity index (χ0) is 17.5. The van der Waals surface area contributed by atoms with E-state index in [1.807, 2.05) is 0 Å². The monoisotopic (exact) mass is 347 g/mol. The minimum Gasteiger partial charge on any atom is -0.457 e. The van der Waals surface area contributed by atoms with Crippen LogP contribution in [0.2, 0.25) is 0 Å². The van der Waals surface area contributed by atoms with Gasteiger partial charge in [-0.05, 0) is 76.2 Å². The van der Waals surface area contributed by atoms with E-state index in [2.05, 4.69) is 19.2 Å². The molecule has 0 heterocycles. The fourth-order valence-corrected chi connectivity index (χ4v) is 6.80. The third-order valence-corrected chi connectivity index (χ3v) is 8.20. The molecule has 3 heteroatoms. The Labute approximate surface area is 153 Å². The van der Waals surface area contributed by atoms with Crippen LogP contribution >= 0.6 is 0 Å². The predicted octanol–water partition coefficient (Wildman–Crippen LogP) is 4.84. The zero-order valence-corrected chi connectivity index (χ0v) is 16.3. The van der Waals surface area contributed by atoms with Crippen molar-refractivity contribution in [3.05, 3.63) is 0 Å². The number of hydrogen-bond donors (Lipinski definition) is 1. The van der Waals surface area contributed by atoms with E-state index in [9.17, 15) is 4.79 Å². The molecule has 1 N–H and O–H groups in total. The molecule has 0 aromatic rings. The minimum atomic E-state index is -0.380. The Morgan fingerprint density at radius 3 is 2.60 bits per heavy atom. The molecule has 5 aliphatic carbocycles. The lowest BCUT2D eigenvalue weighted by molar-refractivity contribution is -0.179. The van der Waals surface area contributed by atoms with Crippen LogP contribution < -0.4 is 5.32 Å². The van der Waals surface area contributed by atoms with Crippen LogP contribution in [-0.2, 0) is 9.53 Å². The van der Waals surface area contributed by atoms with Crippen molar-refractivity contribution in [3.8, 4) is 0 Å². The maximum Gasteiger partial charge on any atom is 0.326 e. The smallest absolute Gasteiger partial charge is 0.326 e. The van der Waals surface area contributed by atoms with E-state index >= 15 is 0 Å². The first-order valence-electron chi connectivity index (χ1n) is 11.1. The molecule has 0 aromatic carbocycles. The zero-order valence-electron chi connectivity index (χ0n) is 16.3. The Morgan fingerprint density at radius 1 is 1.08 bits per heavy atom. The highest BCUT2D eigenvalue weighted by molar-refractivity contribution is 5.81. The van der Waals surface area contributed by atoms with Crippen molar-refractivity contribution in [2.75, 3.05) is 6.54 Å². The van der Waals surface area contributed by atoms with E-state index < -0.39 is 0 Å². The van der Waals surface area contributed by atoms with E-state index in [1.165, 1.54) is 51.4 Å². The Kier molecular flexibility index (Phi) is 4.90. The molecule has 0 saturated heterocycles. The first kappa shape index (κ1) is 17.8. The molecule has 0 spiro atoms. The molecule has 4 bridgehead atoms. The first-order chi connectivity index (χ1) is 12.1. The van der Waals surface area contributed by atoms with Crippen molar-refractivity contribution in [1.29, 1.82) is 0 Å². The molecule has 142 valence electrons. The average molecular weight is 348 g/mol. The molecule has 0 aromatic heterocycles. The molecule has 5 saturated carbocycles. The SMILES string of the molecule is CCCCCCNC1(C(=O)OC2(C)C3CC4CC2[C@@H](C4)C3)CCCC1. The Morgan fingerprint density at radius 2 is 1.88 bits per heavy atom. The lowest BCUT2D eigenvalue weighted by Gasteiger charge is -2.43. The molecule has 0 amide bonds. The molecule has 4 unspecified atom stereocenters. The van der Waals surface area contributed by atoms with Crippen molar-refractivity contribution in [3.63, 3.8) is 0 Å². The highest BCUT2D eigenvalue weighted by Gasteiger charge is 2.63. The van der Waals surface area contributed by atoms with E-state index in [-0.39, 0.29) is 17.1 Å². The van der Waals surface area contributed by atoms with Crippen LogP contribution in [0, 0.1) is 23.7 Å². The normalized spacial score (nSPS) is 40.7. The van der Waals surface area contributed by atoms with Gasteiger partial charge in [0.25, 0.3) is 0 Å². The summed E-state index contributed by atoms with van der Waals surface area (Å²) in [6.45, 7) is 5.47. The predicted molar refractivity (Wildman–Crippen MR) is 100 cm³/mol. The number of hydrogen-bond acceptors (Lipinski definition) is 3. The second-order valence-corrected chi connectivity index (χ2v) is 9.72. The number of ether oxygens (including phenoxy) is 1. The number of carbonyl (C=O) groups excluding carboxylic acids is 1. The van der Waals surface area contributed by atoms with Crippen LogP contribution in [0.15, 0.2) is 0 Å². The average Bonchev–Trinajstić information content (AvgIpc) is 3.23. The first-order valence-corrected chi connectivity index (χ1v) is 11.1. The summed E-state index contributed by atoms with van der Waals surface area (Å²) in [6, 6.07) is 0. The van der Waals surface area contributed by atoms with Crippen molar-refractivity contribution in [1.82, 2.24) is 5.32 Å². The van der Waals surface area contributed by atoms with Gasteiger partial charge in [0.15, 0.2) is 0 Å².